The summed E-state index contributed by atoms with van der Waals surface area (Å²) in [7, 11) is 1.99. The Labute approximate surface area is 217 Å². The highest BCUT2D eigenvalue weighted by Crippen LogP contribution is 2.40. The molecular weight excluding hydrogens is 470 g/mol. The number of aliphatic hydroxyl groups is 2. The van der Waals surface area contributed by atoms with Gasteiger partial charge in [-0.15, -0.1) is 0 Å². The zero-order chi connectivity index (χ0) is 26.7. The van der Waals surface area contributed by atoms with Gasteiger partial charge in [-0.25, -0.2) is 9.78 Å². The zero-order valence-corrected chi connectivity index (χ0v) is 22.1. The van der Waals surface area contributed by atoms with E-state index in [1.54, 1.807) is 23.0 Å². The minimum atomic E-state index is -0.891. The first-order chi connectivity index (χ1) is 17.5. The summed E-state index contributed by atoms with van der Waals surface area (Å²) in [4.78, 5) is 18.7. The summed E-state index contributed by atoms with van der Waals surface area (Å²) in [5.41, 5.74) is 9.42. The molecule has 3 aromatic rings. The Morgan fingerprint density at radius 2 is 1.92 bits per heavy atom. The van der Waals surface area contributed by atoms with Crippen LogP contribution in [0.2, 0.25) is 0 Å². The summed E-state index contributed by atoms with van der Waals surface area (Å²) in [6.45, 7) is 8.38. The van der Waals surface area contributed by atoms with Crippen molar-refractivity contribution in [3.8, 4) is 0 Å². The smallest absolute Gasteiger partial charge is 0.319 e. The molecule has 1 aliphatic rings. The Bertz CT molecular complexity index is 1200. The van der Waals surface area contributed by atoms with Crippen molar-refractivity contribution in [2.45, 2.75) is 57.2 Å². The number of nitrogens with two attached hydrogens (primary N) is 1. The van der Waals surface area contributed by atoms with E-state index in [9.17, 15) is 15.0 Å². The van der Waals surface area contributed by atoms with Crippen LogP contribution in [0.3, 0.4) is 0 Å². The molecule has 2 heterocycles. The number of carbonyl (C=O) groups excluding carboxylic acids is 1. The molecule has 0 aliphatic heterocycles. The number of nitrogens with one attached hydrogen (secondary N) is 2. The SMILES string of the molecule is CN(CCCNC(=O)Nc1ccc(C(C)(C)C)cc1)C[C@H]1C[C@@H](c2cnn3c(N)ccnc23)[C@H](O)[C@@H]1O. The van der Waals surface area contributed by atoms with Crippen LogP contribution in [-0.4, -0.2) is 74.6 Å². The van der Waals surface area contributed by atoms with Crippen LogP contribution < -0.4 is 16.4 Å². The van der Waals surface area contributed by atoms with Gasteiger partial charge in [-0.2, -0.15) is 9.61 Å². The Morgan fingerprint density at radius 1 is 1.19 bits per heavy atom. The fraction of sp³-hybridized carbons (Fsp3) is 0.519. The number of nitrogens with zero attached hydrogens (tertiary/aromatic N) is 4. The normalized spacial score (nSPS) is 22.0. The van der Waals surface area contributed by atoms with Crippen molar-refractivity contribution in [2.75, 3.05) is 37.7 Å². The second-order valence-corrected chi connectivity index (χ2v) is 11.1. The summed E-state index contributed by atoms with van der Waals surface area (Å²) in [6.07, 6.45) is 2.96. The van der Waals surface area contributed by atoms with Gasteiger partial charge in [-0.05, 0) is 55.6 Å². The second-order valence-electron chi connectivity index (χ2n) is 11.1. The van der Waals surface area contributed by atoms with Crippen molar-refractivity contribution in [3.63, 3.8) is 0 Å². The molecule has 2 amide bonds. The van der Waals surface area contributed by atoms with E-state index < -0.39 is 12.2 Å². The molecule has 6 N–H and O–H groups in total. The van der Waals surface area contributed by atoms with E-state index in [1.807, 2.05) is 31.3 Å². The predicted molar refractivity (Wildman–Crippen MR) is 145 cm³/mol. The van der Waals surface area contributed by atoms with Gasteiger partial charge in [-0.1, -0.05) is 32.9 Å². The number of fused-ring (bicyclic) bond motifs is 1. The first-order valence-electron chi connectivity index (χ1n) is 12.8. The van der Waals surface area contributed by atoms with Crippen LogP contribution in [-0.2, 0) is 5.41 Å². The van der Waals surface area contributed by atoms with Crippen molar-refractivity contribution in [3.05, 3.63) is 53.9 Å². The van der Waals surface area contributed by atoms with Gasteiger partial charge in [-0.3, -0.25) is 0 Å². The molecule has 0 spiro atoms. The average Bonchev–Trinajstić information content (AvgIpc) is 3.39. The maximum absolute atomic E-state index is 12.2. The number of aromatic nitrogens is 3. The molecule has 1 fully saturated rings. The molecule has 2 aromatic heterocycles. The molecule has 0 radical (unpaired) electrons. The molecular formula is C27H39N7O3. The maximum atomic E-state index is 12.2. The van der Waals surface area contributed by atoms with Crippen molar-refractivity contribution in [1.82, 2.24) is 24.8 Å². The lowest BCUT2D eigenvalue weighted by molar-refractivity contribution is 0.00865. The molecule has 4 atom stereocenters. The van der Waals surface area contributed by atoms with E-state index >= 15 is 0 Å². The fourth-order valence-electron chi connectivity index (χ4n) is 5.08. The highest BCUT2D eigenvalue weighted by Gasteiger charge is 2.43. The van der Waals surface area contributed by atoms with Crippen LogP contribution >= 0.6 is 0 Å². The first kappa shape index (κ1) is 26.8. The van der Waals surface area contributed by atoms with Crippen LogP contribution in [0.25, 0.3) is 5.65 Å². The highest BCUT2D eigenvalue weighted by atomic mass is 16.3. The van der Waals surface area contributed by atoms with Gasteiger partial charge in [0.2, 0.25) is 0 Å². The zero-order valence-electron chi connectivity index (χ0n) is 22.1. The first-order valence-corrected chi connectivity index (χ1v) is 12.8. The summed E-state index contributed by atoms with van der Waals surface area (Å²) in [6, 6.07) is 9.34. The third-order valence-corrected chi connectivity index (χ3v) is 7.22. The molecule has 200 valence electrons. The lowest BCUT2D eigenvalue weighted by Gasteiger charge is -2.23. The molecule has 1 aromatic carbocycles. The number of anilines is 2. The van der Waals surface area contributed by atoms with E-state index in [0.29, 0.717) is 31.0 Å². The van der Waals surface area contributed by atoms with Gasteiger partial charge in [0, 0.05) is 42.4 Å². The molecule has 0 unspecified atom stereocenters. The lowest BCUT2D eigenvalue weighted by Crippen LogP contribution is -2.36. The van der Waals surface area contributed by atoms with E-state index in [1.165, 1.54) is 5.56 Å². The number of urea groups is 1. The molecule has 0 bridgehead atoms. The topological polar surface area (TPSA) is 141 Å². The number of benzene rings is 1. The second kappa shape index (κ2) is 11.0. The number of nitrogen functional groups attached to an aromatic ring is 1. The largest absolute Gasteiger partial charge is 0.390 e. The van der Waals surface area contributed by atoms with E-state index in [2.05, 4.69) is 46.4 Å². The Balaban J connectivity index is 1.21. The van der Waals surface area contributed by atoms with Crippen molar-refractivity contribution in [2.24, 2.45) is 5.92 Å². The average molecular weight is 510 g/mol. The number of rotatable bonds is 8. The Hall–Kier alpha value is -3.21. The standard InChI is InChI=1S/C27H39N7O3/c1-27(2,3)18-6-8-19(9-7-18)32-26(37)30-11-5-13-33(4)16-17-14-20(24(36)23(17)35)21-15-31-34-22(28)10-12-29-25(21)34/h6-10,12,15,17,20,23-24,35-36H,5,11,13-14,16,28H2,1-4H3,(H2,30,32,37)/t17-,20+,23-,24+/m1/s1. The number of amides is 2. The fourth-order valence-corrected chi connectivity index (χ4v) is 5.08. The summed E-state index contributed by atoms with van der Waals surface area (Å²) in [5, 5.41) is 31.6. The number of hydrogen-bond acceptors (Lipinski definition) is 7. The molecule has 0 saturated heterocycles. The van der Waals surface area contributed by atoms with Gasteiger partial charge in [0.25, 0.3) is 0 Å². The third-order valence-electron chi connectivity index (χ3n) is 7.22. The summed E-state index contributed by atoms with van der Waals surface area (Å²) < 4.78 is 1.55. The maximum Gasteiger partial charge on any atom is 0.319 e. The lowest BCUT2D eigenvalue weighted by atomic mass is 9.87. The Kier molecular flexibility index (Phi) is 8.01. The number of aliphatic hydroxyl groups excluding tert-OH is 2. The summed E-state index contributed by atoms with van der Waals surface area (Å²) in [5.74, 6) is 0.123. The molecule has 10 nitrogen and oxygen atoms in total. The molecule has 4 rings (SSSR count). The highest BCUT2D eigenvalue weighted by molar-refractivity contribution is 5.89. The van der Waals surface area contributed by atoms with Crippen molar-refractivity contribution >= 4 is 23.2 Å². The van der Waals surface area contributed by atoms with Gasteiger partial charge in [0.1, 0.15) is 5.82 Å². The van der Waals surface area contributed by atoms with Crippen LogP contribution in [0, 0.1) is 5.92 Å². The van der Waals surface area contributed by atoms with Crippen LogP contribution in [0.15, 0.2) is 42.7 Å². The van der Waals surface area contributed by atoms with Gasteiger partial charge >= 0.3 is 6.03 Å². The Morgan fingerprint density at radius 3 is 2.62 bits per heavy atom. The van der Waals surface area contributed by atoms with E-state index in [-0.39, 0.29) is 23.3 Å². The minimum Gasteiger partial charge on any atom is -0.390 e. The van der Waals surface area contributed by atoms with E-state index in [0.717, 1.165) is 24.2 Å². The molecule has 10 heteroatoms. The van der Waals surface area contributed by atoms with Gasteiger partial charge in [0.15, 0.2) is 5.65 Å². The monoisotopic (exact) mass is 509 g/mol. The number of carbonyl (C=O) groups is 1. The van der Waals surface area contributed by atoms with Crippen LogP contribution in [0.4, 0.5) is 16.3 Å². The predicted octanol–water partition coefficient (Wildman–Crippen LogP) is 2.58. The van der Waals surface area contributed by atoms with Gasteiger partial charge < -0.3 is 31.5 Å². The quantitative estimate of drug-likeness (QED) is 0.294. The van der Waals surface area contributed by atoms with E-state index in [4.69, 9.17) is 5.73 Å². The molecule has 1 saturated carbocycles. The summed E-state index contributed by atoms with van der Waals surface area (Å²) >= 11 is 0. The third kappa shape index (κ3) is 6.20. The van der Waals surface area contributed by atoms with Crippen LogP contribution in [0.5, 0.6) is 0 Å². The molecule has 37 heavy (non-hydrogen) atoms. The molecule has 1 aliphatic carbocycles. The van der Waals surface area contributed by atoms with Crippen molar-refractivity contribution in [1.29, 1.82) is 0 Å². The van der Waals surface area contributed by atoms with Crippen molar-refractivity contribution < 1.29 is 15.0 Å². The minimum absolute atomic E-state index is 0.0697. The van der Waals surface area contributed by atoms with Crippen LogP contribution in [0.1, 0.15) is 50.7 Å². The van der Waals surface area contributed by atoms with Gasteiger partial charge in [0.05, 0.1) is 18.4 Å². The number of hydrogen-bond donors (Lipinski definition) is 5.